The van der Waals surface area contributed by atoms with Gasteiger partial charge in [-0.25, -0.2) is 4.79 Å². The molecule has 0 aliphatic carbocycles. The molecule has 0 saturated carbocycles. The van der Waals surface area contributed by atoms with E-state index in [-0.39, 0.29) is 24.8 Å². The van der Waals surface area contributed by atoms with Crippen LogP contribution in [0.5, 0.6) is 5.75 Å². The Morgan fingerprint density at radius 1 is 1.41 bits per heavy atom. The molecule has 2 heterocycles. The summed E-state index contributed by atoms with van der Waals surface area (Å²) in [6.45, 7) is 0.529. The summed E-state index contributed by atoms with van der Waals surface area (Å²) in [7, 11) is 1.33. The molecule has 3 rings (SSSR count). The van der Waals surface area contributed by atoms with Gasteiger partial charge in [0.2, 0.25) is 0 Å². The van der Waals surface area contributed by atoms with E-state index in [9.17, 15) is 9.59 Å². The van der Waals surface area contributed by atoms with Crippen molar-refractivity contribution in [3.8, 4) is 5.75 Å². The van der Waals surface area contributed by atoms with Gasteiger partial charge in [-0.3, -0.25) is 15.1 Å². The van der Waals surface area contributed by atoms with Gasteiger partial charge in [-0.2, -0.15) is 0 Å². The maximum absolute atomic E-state index is 12.1. The van der Waals surface area contributed by atoms with E-state index in [1.807, 2.05) is 0 Å². The van der Waals surface area contributed by atoms with E-state index < -0.39 is 12.2 Å². The van der Waals surface area contributed by atoms with Crippen molar-refractivity contribution in [2.24, 2.45) is 5.73 Å². The molecule has 1 atom stereocenters. The molecule has 1 unspecified atom stereocenters. The highest BCUT2D eigenvalue weighted by Crippen LogP contribution is 2.23. The SMILES string of the molecule is COC(=O)Cc1cc(OCC2CN(c3ccc(C(=N)N)cc3)C(=O)O2)c[nH]1. The molecule has 1 fully saturated rings. The van der Waals surface area contributed by atoms with Crippen LogP contribution in [0, 0.1) is 5.41 Å². The highest BCUT2D eigenvalue weighted by Gasteiger charge is 2.32. The van der Waals surface area contributed by atoms with Crippen molar-refractivity contribution in [3.63, 3.8) is 0 Å². The van der Waals surface area contributed by atoms with Gasteiger partial charge in [0.15, 0.2) is 6.10 Å². The average Bonchev–Trinajstić information content (AvgIpc) is 3.26. The molecular formula is C18H20N4O5. The molecule has 4 N–H and O–H groups in total. The minimum absolute atomic E-state index is 0.0325. The number of cyclic esters (lactones) is 1. The molecule has 27 heavy (non-hydrogen) atoms. The summed E-state index contributed by atoms with van der Waals surface area (Å²) in [5.74, 6) is 0.170. The molecule has 1 aliphatic heterocycles. The molecule has 9 heteroatoms. The Bertz CT molecular complexity index is 846. The van der Waals surface area contributed by atoms with Crippen molar-refractivity contribution in [3.05, 3.63) is 47.8 Å². The lowest BCUT2D eigenvalue weighted by molar-refractivity contribution is -0.139. The predicted molar refractivity (Wildman–Crippen MR) is 97.1 cm³/mol. The van der Waals surface area contributed by atoms with Crippen LogP contribution in [0.3, 0.4) is 0 Å². The number of anilines is 1. The third kappa shape index (κ3) is 4.38. The van der Waals surface area contributed by atoms with Crippen LogP contribution >= 0.6 is 0 Å². The fourth-order valence-electron chi connectivity index (χ4n) is 2.66. The number of rotatable bonds is 7. The Hall–Kier alpha value is -3.49. The standard InChI is InChI=1S/C18H20N4O5/c1-25-16(23)7-12-6-14(8-21-12)26-10-15-9-22(18(24)27-15)13-4-2-11(3-5-13)17(19)20/h2-6,8,15,21H,7,9-10H2,1H3,(H3,19,20). The first-order valence-electron chi connectivity index (χ1n) is 8.26. The Kier molecular flexibility index (Phi) is 5.30. The molecule has 1 aromatic carbocycles. The van der Waals surface area contributed by atoms with Crippen LogP contribution in [0.2, 0.25) is 0 Å². The van der Waals surface area contributed by atoms with Crippen LogP contribution in [0.1, 0.15) is 11.3 Å². The number of hydrogen-bond acceptors (Lipinski definition) is 6. The maximum Gasteiger partial charge on any atom is 0.414 e. The minimum atomic E-state index is -0.459. The number of esters is 1. The number of amides is 1. The lowest BCUT2D eigenvalue weighted by Gasteiger charge is -2.13. The van der Waals surface area contributed by atoms with Gasteiger partial charge >= 0.3 is 12.1 Å². The average molecular weight is 372 g/mol. The van der Waals surface area contributed by atoms with Gasteiger partial charge in [0, 0.05) is 29.2 Å². The first kappa shape index (κ1) is 18.3. The summed E-state index contributed by atoms with van der Waals surface area (Å²) in [6, 6.07) is 8.49. The van der Waals surface area contributed by atoms with Crippen molar-refractivity contribution in [1.82, 2.24) is 4.98 Å². The summed E-state index contributed by atoms with van der Waals surface area (Å²) in [6.07, 6.45) is 0.874. The number of nitrogens with zero attached hydrogens (tertiary/aromatic N) is 1. The number of benzene rings is 1. The monoisotopic (exact) mass is 372 g/mol. The molecule has 0 bridgehead atoms. The van der Waals surface area contributed by atoms with E-state index >= 15 is 0 Å². The number of hydrogen-bond donors (Lipinski definition) is 3. The summed E-state index contributed by atoms with van der Waals surface area (Å²) in [4.78, 5) is 27.8. The van der Waals surface area contributed by atoms with Crippen molar-refractivity contribution in [2.75, 3.05) is 25.2 Å². The van der Waals surface area contributed by atoms with Gasteiger partial charge in [-0.15, -0.1) is 0 Å². The Balaban J connectivity index is 1.55. The minimum Gasteiger partial charge on any atom is -0.488 e. The van der Waals surface area contributed by atoms with Crippen LogP contribution in [0.25, 0.3) is 0 Å². The van der Waals surface area contributed by atoms with E-state index in [1.54, 1.807) is 36.5 Å². The first-order chi connectivity index (χ1) is 13.0. The van der Waals surface area contributed by atoms with Gasteiger partial charge in [0.25, 0.3) is 0 Å². The van der Waals surface area contributed by atoms with Crippen LogP contribution < -0.4 is 15.4 Å². The topological polar surface area (TPSA) is 131 Å². The van der Waals surface area contributed by atoms with E-state index in [1.165, 1.54) is 12.0 Å². The molecule has 2 aromatic rings. The number of nitrogen functional groups attached to an aromatic ring is 1. The Labute approximate surface area is 155 Å². The number of aromatic nitrogens is 1. The third-order valence-corrected chi connectivity index (χ3v) is 4.08. The number of H-pyrrole nitrogens is 1. The van der Waals surface area contributed by atoms with Gasteiger partial charge < -0.3 is 24.9 Å². The van der Waals surface area contributed by atoms with Gasteiger partial charge in [-0.05, 0) is 24.3 Å². The molecule has 0 radical (unpaired) electrons. The fraction of sp³-hybridized carbons (Fsp3) is 0.278. The third-order valence-electron chi connectivity index (χ3n) is 4.08. The molecule has 1 amide bonds. The van der Waals surface area contributed by atoms with Gasteiger partial charge in [0.05, 0.1) is 20.1 Å². The zero-order valence-electron chi connectivity index (χ0n) is 14.7. The zero-order chi connectivity index (χ0) is 19.4. The molecule has 0 spiro atoms. The molecule has 9 nitrogen and oxygen atoms in total. The van der Waals surface area contributed by atoms with Crippen LogP contribution in [-0.2, 0) is 20.7 Å². The maximum atomic E-state index is 12.1. The number of nitrogens with two attached hydrogens (primary N) is 1. The number of methoxy groups -OCH3 is 1. The number of ether oxygens (including phenoxy) is 3. The number of aromatic amines is 1. The normalized spacial score (nSPS) is 16.1. The summed E-state index contributed by atoms with van der Waals surface area (Å²) in [5, 5.41) is 7.40. The van der Waals surface area contributed by atoms with Gasteiger partial charge in [0.1, 0.15) is 18.2 Å². The van der Waals surface area contributed by atoms with Crippen molar-refractivity contribution in [1.29, 1.82) is 5.41 Å². The molecule has 1 aromatic heterocycles. The van der Waals surface area contributed by atoms with E-state index in [2.05, 4.69) is 9.72 Å². The Morgan fingerprint density at radius 3 is 2.81 bits per heavy atom. The number of amidine groups is 1. The molecule has 142 valence electrons. The molecule has 1 saturated heterocycles. The highest BCUT2D eigenvalue weighted by atomic mass is 16.6. The fourth-order valence-corrected chi connectivity index (χ4v) is 2.66. The van der Waals surface area contributed by atoms with Gasteiger partial charge in [-0.1, -0.05) is 0 Å². The number of nitrogens with one attached hydrogen (secondary N) is 2. The first-order valence-corrected chi connectivity index (χ1v) is 8.26. The lowest BCUT2D eigenvalue weighted by Crippen LogP contribution is -2.26. The smallest absolute Gasteiger partial charge is 0.414 e. The van der Waals surface area contributed by atoms with Crippen molar-refractivity contribution < 1.29 is 23.8 Å². The van der Waals surface area contributed by atoms with Crippen molar-refractivity contribution >= 4 is 23.6 Å². The van der Waals surface area contributed by atoms with Crippen LogP contribution in [0.4, 0.5) is 10.5 Å². The quantitative estimate of drug-likeness (QED) is 0.383. The number of carbonyl (C=O) groups is 2. The second kappa shape index (κ2) is 7.81. The second-order valence-corrected chi connectivity index (χ2v) is 6.00. The molecule has 1 aliphatic rings. The van der Waals surface area contributed by atoms with Crippen LogP contribution in [0.15, 0.2) is 36.5 Å². The molecular weight excluding hydrogens is 352 g/mol. The zero-order valence-corrected chi connectivity index (χ0v) is 14.7. The van der Waals surface area contributed by atoms with E-state index in [0.717, 1.165) is 0 Å². The number of carbonyl (C=O) groups excluding carboxylic acids is 2. The lowest BCUT2D eigenvalue weighted by atomic mass is 10.2. The van der Waals surface area contributed by atoms with Crippen molar-refractivity contribution in [2.45, 2.75) is 12.5 Å². The summed E-state index contributed by atoms with van der Waals surface area (Å²) < 4.78 is 15.6. The Morgan fingerprint density at radius 2 is 2.15 bits per heavy atom. The summed E-state index contributed by atoms with van der Waals surface area (Å²) in [5.41, 5.74) is 7.35. The van der Waals surface area contributed by atoms with E-state index in [4.69, 9.17) is 20.6 Å². The highest BCUT2D eigenvalue weighted by molar-refractivity contribution is 5.96. The second-order valence-electron chi connectivity index (χ2n) is 6.00. The predicted octanol–water partition coefficient (Wildman–Crippen LogP) is 1.42. The largest absolute Gasteiger partial charge is 0.488 e. The van der Waals surface area contributed by atoms with E-state index in [0.29, 0.717) is 29.2 Å². The summed E-state index contributed by atoms with van der Waals surface area (Å²) >= 11 is 0. The van der Waals surface area contributed by atoms with Crippen LogP contribution in [-0.4, -0.2) is 49.2 Å².